The summed E-state index contributed by atoms with van der Waals surface area (Å²) in [4.78, 5) is 24.7. The van der Waals surface area contributed by atoms with Crippen LogP contribution in [0.15, 0.2) is 71.7 Å². The number of aliphatic imine (C=N–C) groups is 1. The standard InChI is InChI=1S/C33H41Cl2N5OS/c1-32(2,3)30(41)37-31-36-29-22-27(40(20-18-34)21-19-35)16-17-28(29)33(42-31,23-8-12-25(13-9-23)38(4)5)24-10-14-26(15-11-24)39(6)7/h8-17,22H,18-21H2,1-7H3,(H,36,37,41). The van der Waals surface area contributed by atoms with Crippen molar-refractivity contribution in [3.63, 3.8) is 0 Å². The Bertz CT molecular complexity index is 1360. The highest BCUT2D eigenvalue weighted by atomic mass is 35.5. The van der Waals surface area contributed by atoms with Crippen LogP contribution >= 0.6 is 35.0 Å². The van der Waals surface area contributed by atoms with Crippen molar-refractivity contribution in [3.8, 4) is 0 Å². The molecule has 3 aromatic carbocycles. The molecular weight excluding hydrogens is 585 g/mol. The molecule has 0 bridgehead atoms. The lowest BCUT2D eigenvalue weighted by molar-refractivity contribution is -0.126. The fourth-order valence-corrected chi connectivity index (χ4v) is 6.71. The Labute approximate surface area is 265 Å². The second kappa shape index (κ2) is 13.2. The van der Waals surface area contributed by atoms with Crippen molar-refractivity contribution in [1.29, 1.82) is 0 Å². The topological polar surface area (TPSA) is 51.2 Å². The summed E-state index contributed by atoms with van der Waals surface area (Å²) >= 11 is 13.9. The predicted molar refractivity (Wildman–Crippen MR) is 184 cm³/mol. The minimum absolute atomic E-state index is 0.0842. The van der Waals surface area contributed by atoms with Crippen LogP contribution in [0, 0.1) is 5.41 Å². The van der Waals surface area contributed by atoms with Gasteiger partial charge in [0.2, 0.25) is 5.91 Å². The lowest BCUT2D eigenvalue weighted by Gasteiger charge is -2.39. The lowest BCUT2D eigenvalue weighted by atomic mass is 9.82. The molecular formula is C33H41Cl2N5OS. The molecule has 224 valence electrons. The maximum atomic E-state index is 13.3. The van der Waals surface area contributed by atoms with E-state index in [0.29, 0.717) is 30.0 Å². The minimum atomic E-state index is -0.671. The van der Waals surface area contributed by atoms with Crippen LogP contribution in [0.4, 0.5) is 22.7 Å². The molecule has 0 aromatic heterocycles. The Balaban J connectivity index is 1.99. The number of hydrogen-bond donors (Lipinski definition) is 1. The van der Waals surface area contributed by atoms with Crippen LogP contribution in [0.3, 0.4) is 0 Å². The summed E-state index contributed by atoms with van der Waals surface area (Å²) in [6.07, 6.45) is 0. The van der Waals surface area contributed by atoms with Crippen molar-refractivity contribution in [2.75, 3.05) is 67.7 Å². The van der Waals surface area contributed by atoms with Gasteiger partial charge in [-0.3, -0.25) is 4.79 Å². The molecule has 0 aliphatic carbocycles. The van der Waals surface area contributed by atoms with Gasteiger partial charge in [-0.1, -0.05) is 62.9 Å². The number of hydrogen-bond acceptors (Lipinski definition) is 6. The van der Waals surface area contributed by atoms with Crippen LogP contribution in [0.25, 0.3) is 0 Å². The van der Waals surface area contributed by atoms with E-state index in [1.54, 1.807) is 11.8 Å². The first-order valence-electron chi connectivity index (χ1n) is 14.1. The molecule has 0 fully saturated rings. The Kier molecular flexibility index (Phi) is 10.1. The van der Waals surface area contributed by atoms with E-state index in [2.05, 4.69) is 86.7 Å². The van der Waals surface area contributed by atoms with Crippen molar-refractivity contribution < 1.29 is 4.79 Å². The van der Waals surface area contributed by atoms with Crippen LogP contribution < -0.4 is 20.0 Å². The molecule has 1 N–H and O–H groups in total. The van der Waals surface area contributed by atoms with Gasteiger partial charge in [0.05, 0.1) is 5.69 Å². The number of nitrogens with zero attached hydrogens (tertiary/aromatic N) is 4. The van der Waals surface area contributed by atoms with Gasteiger partial charge < -0.3 is 20.0 Å². The fraction of sp³-hybridized carbons (Fsp3) is 0.394. The highest BCUT2D eigenvalue weighted by molar-refractivity contribution is 8.15. The average molecular weight is 627 g/mol. The van der Waals surface area contributed by atoms with Gasteiger partial charge in [-0.05, 0) is 47.5 Å². The largest absolute Gasteiger partial charge is 0.378 e. The number of nitrogens with one attached hydrogen (secondary N) is 1. The zero-order chi connectivity index (χ0) is 30.7. The molecule has 1 aliphatic rings. The number of benzene rings is 3. The molecule has 42 heavy (non-hydrogen) atoms. The lowest BCUT2D eigenvalue weighted by Crippen LogP contribution is -2.41. The molecule has 1 amide bonds. The Morgan fingerprint density at radius 3 is 1.71 bits per heavy atom. The van der Waals surface area contributed by atoms with Crippen molar-refractivity contribution in [2.45, 2.75) is 25.5 Å². The summed E-state index contributed by atoms with van der Waals surface area (Å²) in [5.74, 6) is 0.889. The van der Waals surface area contributed by atoms with Gasteiger partial charge in [0, 0.05) is 81.1 Å². The number of thioether (sulfide) groups is 1. The van der Waals surface area contributed by atoms with Gasteiger partial charge in [-0.2, -0.15) is 0 Å². The van der Waals surface area contributed by atoms with Gasteiger partial charge in [0.25, 0.3) is 0 Å². The molecule has 0 radical (unpaired) electrons. The third-order valence-electron chi connectivity index (χ3n) is 7.39. The summed E-state index contributed by atoms with van der Waals surface area (Å²) in [7, 11) is 8.16. The van der Waals surface area contributed by atoms with Crippen molar-refractivity contribution in [3.05, 3.63) is 83.4 Å². The first kappa shape index (κ1) is 32.1. The number of anilines is 3. The van der Waals surface area contributed by atoms with E-state index in [1.807, 2.05) is 49.0 Å². The van der Waals surface area contributed by atoms with E-state index in [9.17, 15) is 4.79 Å². The molecule has 0 saturated heterocycles. The van der Waals surface area contributed by atoms with Gasteiger partial charge in [0.15, 0.2) is 5.17 Å². The quantitative estimate of drug-likeness (QED) is 0.253. The third-order valence-corrected chi connectivity index (χ3v) is 9.11. The van der Waals surface area contributed by atoms with E-state index >= 15 is 0 Å². The maximum Gasteiger partial charge on any atom is 0.231 e. The SMILES string of the molecule is CN(C)c1ccc(C2(c3ccc(N(C)C)cc3)SC(NC(=O)C(C)(C)C)=Nc3cc(N(CCCl)CCCl)ccc32)cc1. The Morgan fingerprint density at radius 1 is 0.810 bits per heavy atom. The minimum Gasteiger partial charge on any atom is -0.378 e. The zero-order valence-corrected chi connectivity index (χ0v) is 27.9. The molecule has 9 heteroatoms. The Morgan fingerprint density at radius 2 is 1.29 bits per heavy atom. The molecule has 0 unspecified atom stereocenters. The van der Waals surface area contributed by atoms with Gasteiger partial charge in [-0.25, -0.2) is 4.99 Å². The van der Waals surface area contributed by atoms with Gasteiger partial charge >= 0.3 is 0 Å². The van der Waals surface area contributed by atoms with E-state index in [-0.39, 0.29) is 5.91 Å². The normalized spacial score (nSPS) is 14.1. The van der Waals surface area contributed by atoms with Crippen molar-refractivity contribution >= 4 is 68.8 Å². The van der Waals surface area contributed by atoms with Crippen molar-refractivity contribution in [2.24, 2.45) is 10.4 Å². The summed E-state index contributed by atoms with van der Waals surface area (Å²) in [6.45, 7) is 7.06. The molecule has 4 rings (SSSR count). The fourth-order valence-electron chi connectivity index (χ4n) is 4.94. The Hall–Kier alpha value is -2.87. The molecule has 3 aromatic rings. The van der Waals surface area contributed by atoms with Gasteiger partial charge in [-0.15, -0.1) is 23.2 Å². The smallest absolute Gasteiger partial charge is 0.231 e. The molecule has 1 aliphatic heterocycles. The number of alkyl halides is 2. The van der Waals surface area contributed by atoms with Crippen LogP contribution in [-0.4, -0.2) is 64.1 Å². The molecule has 0 atom stereocenters. The van der Waals surface area contributed by atoms with Crippen LogP contribution in [0.2, 0.25) is 0 Å². The number of amidine groups is 1. The summed E-state index contributed by atoms with van der Waals surface area (Å²) in [5.41, 5.74) is 6.69. The molecule has 1 heterocycles. The molecule has 6 nitrogen and oxygen atoms in total. The van der Waals surface area contributed by atoms with E-state index in [4.69, 9.17) is 28.2 Å². The molecule has 0 saturated carbocycles. The number of amides is 1. The van der Waals surface area contributed by atoms with E-state index in [0.717, 1.165) is 39.4 Å². The first-order valence-corrected chi connectivity index (χ1v) is 16.0. The summed E-state index contributed by atoms with van der Waals surface area (Å²) in [5, 5.41) is 3.72. The third kappa shape index (κ3) is 6.69. The first-order chi connectivity index (χ1) is 19.9. The molecule has 0 spiro atoms. The average Bonchev–Trinajstić information content (AvgIpc) is 2.96. The van der Waals surface area contributed by atoms with E-state index in [1.165, 1.54) is 0 Å². The summed E-state index contributed by atoms with van der Waals surface area (Å²) < 4.78 is -0.671. The van der Waals surface area contributed by atoms with Crippen molar-refractivity contribution in [1.82, 2.24) is 5.32 Å². The second-order valence-corrected chi connectivity index (χ2v) is 13.8. The monoisotopic (exact) mass is 625 g/mol. The van der Waals surface area contributed by atoms with Crippen LogP contribution in [-0.2, 0) is 9.54 Å². The number of carbonyl (C=O) groups is 1. The highest BCUT2D eigenvalue weighted by Crippen LogP contribution is 2.55. The predicted octanol–water partition coefficient (Wildman–Crippen LogP) is 7.29. The number of halogens is 2. The highest BCUT2D eigenvalue weighted by Gasteiger charge is 2.44. The number of rotatable bonds is 9. The maximum absolute atomic E-state index is 13.3. The zero-order valence-electron chi connectivity index (χ0n) is 25.5. The number of fused-ring (bicyclic) bond motifs is 1. The number of carbonyl (C=O) groups excluding carboxylic acids is 1. The van der Waals surface area contributed by atoms with Crippen LogP contribution in [0.5, 0.6) is 0 Å². The second-order valence-electron chi connectivity index (χ2n) is 11.9. The van der Waals surface area contributed by atoms with E-state index < -0.39 is 10.2 Å². The summed E-state index contributed by atoms with van der Waals surface area (Å²) in [6, 6.07) is 23.7. The van der Waals surface area contributed by atoms with Crippen LogP contribution in [0.1, 0.15) is 37.5 Å². The van der Waals surface area contributed by atoms with Gasteiger partial charge in [0.1, 0.15) is 4.75 Å².